The van der Waals surface area contributed by atoms with Gasteiger partial charge in [-0.05, 0) is 20.3 Å². The number of anilines is 2. The van der Waals surface area contributed by atoms with E-state index in [9.17, 15) is 4.79 Å². The minimum atomic E-state index is -0.133. The third-order valence-corrected chi connectivity index (χ3v) is 4.33. The fourth-order valence-corrected chi connectivity index (χ4v) is 3.18. The first kappa shape index (κ1) is 16.6. The van der Waals surface area contributed by atoms with Crippen LogP contribution in [0.5, 0.6) is 5.75 Å². The second-order valence-electron chi connectivity index (χ2n) is 4.48. The number of thiophene rings is 1. The average Bonchev–Trinajstić information content (AvgIpc) is 2.77. The van der Waals surface area contributed by atoms with Gasteiger partial charge >= 0.3 is 0 Å². The smallest absolute Gasteiger partial charge is 0.263 e. The van der Waals surface area contributed by atoms with E-state index in [4.69, 9.17) is 10.5 Å². The molecule has 0 saturated heterocycles. The molecule has 0 atom stereocenters. The Labute approximate surface area is 125 Å². The molecule has 0 spiro atoms. The van der Waals surface area contributed by atoms with Crippen molar-refractivity contribution in [3.05, 3.63) is 4.88 Å². The highest BCUT2D eigenvalue weighted by Gasteiger charge is 2.24. The van der Waals surface area contributed by atoms with Crippen LogP contribution in [0.4, 0.5) is 10.7 Å². The van der Waals surface area contributed by atoms with E-state index < -0.39 is 0 Å². The number of nitrogens with zero attached hydrogens (tertiary/aromatic N) is 1. The maximum absolute atomic E-state index is 12.0. The van der Waals surface area contributed by atoms with Crippen LogP contribution in [0.1, 0.15) is 43.3 Å². The number of hydrogen-bond donors (Lipinski definition) is 2. The Morgan fingerprint density at radius 3 is 2.60 bits per heavy atom. The van der Waals surface area contributed by atoms with Crippen molar-refractivity contribution >= 4 is 27.9 Å². The fourth-order valence-electron chi connectivity index (χ4n) is 1.98. The lowest BCUT2D eigenvalue weighted by molar-refractivity contribution is 0.0960. The van der Waals surface area contributed by atoms with Crippen LogP contribution in [-0.2, 0) is 0 Å². The molecule has 0 radical (unpaired) electrons. The van der Waals surface area contributed by atoms with Crippen molar-refractivity contribution in [2.45, 2.75) is 33.6 Å². The number of hydrogen-bond acceptors (Lipinski definition) is 5. The number of unbranched alkanes of at least 4 members (excludes halogenated alkanes) is 1. The summed E-state index contributed by atoms with van der Waals surface area (Å²) >= 11 is 1.41. The summed E-state index contributed by atoms with van der Waals surface area (Å²) in [5, 5.41) is 3.73. The molecule has 0 bridgehead atoms. The molecular formula is C14H25N3O2S. The van der Waals surface area contributed by atoms with E-state index in [-0.39, 0.29) is 5.91 Å². The lowest BCUT2D eigenvalue weighted by atomic mass is 10.3. The van der Waals surface area contributed by atoms with Gasteiger partial charge in [0.15, 0.2) is 5.75 Å². The van der Waals surface area contributed by atoms with E-state index in [2.05, 4.69) is 24.1 Å². The number of nitrogens with one attached hydrogen (secondary N) is 1. The Bertz CT molecular complexity index is 446. The molecule has 6 heteroatoms. The van der Waals surface area contributed by atoms with Gasteiger partial charge in [-0.1, -0.05) is 13.3 Å². The van der Waals surface area contributed by atoms with Crippen LogP contribution < -0.4 is 20.7 Å². The molecule has 114 valence electrons. The van der Waals surface area contributed by atoms with E-state index in [1.807, 2.05) is 6.92 Å². The number of nitrogen functional groups attached to an aromatic ring is 1. The van der Waals surface area contributed by atoms with Crippen LogP contribution in [0.3, 0.4) is 0 Å². The molecule has 20 heavy (non-hydrogen) atoms. The molecule has 1 heterocycles. The summed E-state index contributed by atoms with van der Waals surface area (Å²) in [6.07, 6.45) is 2.23. The molecular weight excluding hydrogens is 274 g/mol. The Morgan fingerprint density at radius 1 is 1.40 bits per heavy atom. The standard InChI is InChI=1S/C14H25N3O2S/c1-5-8-9-17(7-3)14-11(19-4)10(15)12(20-14)13(18)16-6-2/h5-9,15H2,1-4H3,(H,16,18). The zero-order valence-corrected chi connectivity index (χ0v) is 13.6. The fraction of sp³-hybridized carbons (Fsp3) is 0.643. The van der Waals surface area contributed by atoms with Crippen molar-refractivity contribution in [2.24, 2.45) is 0 Å². The molecule has 0 unspecified atom stereocenters. The van der Waals surface area contributed by atoms with Gasteiger partial charge in [-0.15, -0.1) is 11.3 Å². The number of amides is 1. The molecule has 1 amide bonds. The lowest BCUT2D eigenvalue weighted by Crippen LogP contribution is -2.23. The number of carbonyl (C=O) groups excluding carboxylic acids is 1. The zero-order chi connectivity index (χ0) is 15.1. The van der Waals surface area contributed by atoms with Gasteiger partial charge in [0.2, 0.25) is 0 Å². The molecule has 1 aromatic rings. The van der Waals surface area contributed by atoms with E-state index in [0.717, 1.165) is 30.9 Å². The molecule has 0 fully saturated rings. The second-order valence-corrected chi connectivity index (χ2v) is 5.48. The van der Waals surface area contributed by atoms with Crippen LogP contribution in [0.15, 0.2) is 0 Å². The summed E-state index contributed by atoms with van der Waals surface area (Å²) < 4.78 is 5.41. The van der Waals surface area contributed by atoms with Crippen LogP contribution in [0.2, 0.25) is 0 Å². The maximum Gasteiger partial charge on any atom is 0.263 e. The topological polar surface area (TPSA) is 67.6 Å². The number of ether oxygens (including phenoxy) is 1. The van der Waals surface area contributed by atoms with E-state index in [1.54, 1.807) is 7.11 Å². The number of methoxy groups -OCH3 is 1. The number of nitrogens with two attached hydrogens (primary N) is 1. The summed E-state index contributed by atoms with van der Waals surface area (Å²) in [5.74, 6) is 0.486. The summed E-state index contributed by atoms with van der Waals surface area (Å²) in [6.45, 7) is 8.54. The summed E-state index contributed by atoms with van der Waals surface area (Å²) in [7, 11) is 1.59. The molecule has 0 aromatic carbocycles. The predicted octanol–water partition coefficient (Wildman–Crippen LogP) is 2.72. The highest BCUT2D eigenvalue weighted by Crippen LogP contribution is 2.44. The molecule has 3 N–H and O–H groups in total. The lowest BCUT2D eigenvalue weighted by Gasteiger charge is -2.22. The SMILES string of the molecule is CCCCN(CC)c1sc(C(=O)NCC)c(N)c1OC. The van der Waals surface area contributed by atoms with Gasteiger partial charge < -0.3 is 20.7 Å². The first-order chi connectivity index (χ1) is 9.60. The monoisotopic (exact) mass is 299 g/mol. The molecule has 0 aliphatic carbocycles. The van der Waals surface area contributed by atoms with Gasteiger partial charge in [-0.3, -0.25) is 4.79 Å². The summed E-state index contributed by atoms with van der Waals surface area (Å²) in [4.78, 5) is 14.8. The second kappa shape index (κ2) is 7.99. The van der Waals surface area contributed by atoms with Gasteiger partial charge in [-0.25, -0.2) is 0 Å². The van der Waals surface area contributed by atoms with E-state index in [1.165, 1.54) is 11.3 Å². The predicted molar refractivity (Wildman–Crippen MR) is 86.1 cm³/mol. The summed E-state index contributed by atoms with van der Waals surface area (Å²) in [6, 6.07) is 0. The molecule has 0 aliphatic heterocycles. The molecule has 5 nitrogen and oxygen atoms in total. The Hall–Kier alpha value is -1.43. The van der Waals surface area contributed by atoms with Gasteiger partial charge in [0, 0.05) is 19.6 Å². The quantitative estimate of drug-likeness (QED) is 0.774. The first-order valence-corrected chi connectivity index (χ1v) is 7.91. The normalized spacial score (nSPS) is 10.4. The van der Waals surface area contributed by atoms with Crippen LogP contribution in [-0.4, -0.2) is 32.7 Å². The van der Waals surface area contributed by atoms with Crippen LogP contribution >= 0.6 is 11.3 Å². The Balaban J connectivity index is 3.11. The average molecular weight is 299 g/mol. The molecule has 0 saturated carbocycles. The minimum absolute atomic E-state index is 0.133. The summed E-state index contributed by atoms with van der Waals surface area (Å²) in [5.41, 5.74) is 6.50. The van der Waals surface area contributed by atoms with Crippen molar-refractivity contribution in [2.75, 3.05) is 37.4 Å². The van der Waals surface area contributed by atoms with Crippen molar-refractivity contribution < 1.29 is 9.53 Å². The van der Waals surface area contributed by atoms with Gasteiger partial charge in [0.05, 0.1) is 7.11 Å². The Morgan fingerprint density at radius 2 is 2.10 bits per heavy atom. The third kappa shape index (κ3) is 3.56. The highest BCUT2D eigenvalue weighted by atomic mass is 32.1. The molecule has 0 aliphatic rings. The highest BCUT2D eigenvalue weighted by molar-refractivity contribution is 7.19. The van der Waals surface area contributed by atoms with Crippen molar-refractivity contribution in [3.63, 3.8) is 0 Å². The maximum atomic E-state index is 12.0. The first-order valence-electron chi connectivity index (χ1n) is 7.09. The molecule has 1 rings (SSSR count). The Kier molecular flexibility index (Phi) is 6.64. The largest absolute Gasteiger partial charge is 0.492 e. The van der Waals surface area contributed by atoms with E-state index >= 15 is 0 Å². The number of carbonyl (C=O) groups is 1. The molecule has 1 aromatic heterocycles. The zero-order valence-electron chi connectivity index (χ0n) is 12.8. The van der Waals surface area contributed by atoms with Crippen molar-refractivity contribution in [3.8, 4) is 5.75 Å². The van der Waals surface area contributed by atoms with Crippen molar-refractivity contribution in [1.82, 2.24) is 5.32 Å². The number of rotatable bonds is 8. The van der Waals surface area contributed by atoms with Crippen molar-refractivity contribution in [1.29, 1.82) is 0 Å². The third-order valence-electron chi connectivity index (χ3n) is 3.08. The van der Waals surface area contributed by atoms with Crippen LogP contribution in [0, 0.1) is 0 Å². The van der Waals surface area contributed by atoms with Crippen LogP contribution in [0.25, 0.3) is 0 Å². The van der Waals surface area contributed by atoms with Gasteiger partial charge in [-0.2, -0.15) is 0 Å². The van der Waals surface area contributed by atoms with E-state index in [0.29, 0.717) is 22.9 Å². The van der Waals surface area contributed by atoms with Gasteiger partial charge in [0.25, 0.3) is 5.91 Å². The van der Waals surface area contributed by atoms with Gasteiger partial charge in [0.1, 0.15) is 15.6 Å². The minimum Gasteiger partial charge on any atom is -0.492 e.